The second-order valence-electron chi connectivity index (χ2n) is 7.31. The molecule has 2 aromatic carbocycles. The molecule has 1 saturated heterocycles. The summed E-state index contributed by atoms with van der Waals surface area (Å²) < 4.78 is 6.33. The van der Waals surface area contributed by atoms with Gasteiger partial charge in [-0.15, -0.1) is 0 Å². The maximum Gasteiger partial charge on any atom is 0.170 e. The Bertz CT molecular complexity index is 1150. The van der Waals surface area contributed by atoms with Crippen LogP contribution in [0.15, 0.2) is 112 Å². The molecule has 6 heteroatoms. The maximum atomic E-state index is 6.33. The molecule has 0 radical (unpaired) electrons. The molecule has 1 fully saturated rings. The maximum absolute atomic E-state index is 6.33. The van der Waals surface area contributed by atoms with Crippen molar-refractivity contribution in [2.75, 3.05) is 0 Å². The van der Waals surface area contributed by atoms with Crippen molar-refractivity contribution in [1.82, 2.24) is 15.2 Å². The summed E-state index contributed by atoms with van der Waals surface area (Å²) in [5, 5.41) is 5.04. The van der Waals surface area contributed by atoms with Gasteiger partial charge < -0.3 is 14.6 Å². The topological polar surface area (TPSA) is 41.3 Å². The number of nitrogens with one attached hydrogen (secondary N) is 1. The largest absolute Gasteiger partial charge is 0.452 e. The minimum absolute atomic E-state index is 0.0851. The van der Waals surface area contributed by atoms with Gasteiger partial charge in [-0.25, -0.2) is 0 Å². The van der Waals surface area contributed by atoms with Crippen LogP contribution in [0, 0.1) is 0 Å². The normalized spacial score (nSPS) is 18.2. The molecule has 3 heterocycles. The van der Waals surface area contributed by atoms with Crippen molar-refractivity contribution >= 4 is 29.1 Å². The quantitative estimate of drug-likeness (QED) is 0.369. The fourth-order valence-electron chi connectivity index (χ4n) is 3.82. The number of aromatic nitrogens is 1. The molecular weight excluding hydrogens is 422 g/mol. The third-order valence-corrected chi connectivity index (χ3v) is 6.53. The van der Waals surface area contributed by atoms with Crippen LogP contribution >= 0.6 is 24.0 Å². The zero-order valence-corrected chi connectivity index (χ0v) is 18.4. The van der Waals surface area contributed by atoms with Gasteiger partial charge in [-0.1, -0.05) is 66.4 Å². The monoisotopic (exact) mass is 443 g/mol. The molecular formula is C25H21N3OS2. The number of nitrogens with zero attached hydrogens (tertiary/aromatic N) is 2. The lowest BCUT2D eigenvalue weighted by atomic mass is 10.0. The first-order valence-corrected chi connectivity index (χ1v) is 11.3. The first-order valence-electron chi connectivity index (χ1n) is 10.1. The van der Waals surface area contributed by atoms with E-state index in [0.717, 1.165) is 21.4 Å². The van der Waals surface area contributed by atoms with E-state index in [1.165, 1.54) is 5.56 Å². The number of rotatable bonds is 6. The molecule has 4 aromatic rings. The van der Waals surface area contributed by atoms with Gasteiger partial charge in [0.2, 0.25) is 0 Å². The van der Waals surface area contributed by atoms with Crippen LogP contribution in [0.1, 0.15) is 29.1 Å². The summed E-state index contributed by atoms with van der Waals surface area (Å²) in [5.74, 6) is 0.873. The summed E-state index contributed by atoms with van der Waals surface area (Å²) in [4.78, 5) is 7.93. The second kappa shape index (κ2) is 8.96. The molecule has 0 amide bonds. The lowest BCUT2D eigenvalue weighted by Gasteiger charge is -2.26. The van der Waals surface area contributed by atoms with E-state index in [4.69, 9.17) is 16.6 Å². The molecule has 2 aromatic heterocycles. The van der Waals surface area contributed by atoms with Crippen LogP contribution in [-0.4, -0.2) is 15.0 Å². The summed E-state index contributed by atoms with van der Waals surface area (Å²) in [6.07, 6.45) is 1.82. The number of furan rings is 1. The summed E-state index contributed by atoms with van der Waals surface area (Å²) in [7, 11) is 0. The van der Waals surface area contributed by atoms with E-state index in [9.17, 15) is 0 Å². The Kier molecular flexibility index (Phi) is 5.74. The van der Waals surface area contributed by atoms with E-state index >= 15 is 0 Å². The molecule has 0 unspecified atom stereocenters. The Balaban J connectivity index is 1.48. The minimum atomic E-state index is -0.0901. The van der Waals surface area contributed by atoms with E-state index in [2.05, 4.69) is 57.7 Å². The third-order valence-electron chi connectivity index (χ3n) is 5.25. The Morgan fingerprint density at radius 2 is 1.65 bits per heavy atom. The fraction of sp³-hybridized carbons (Fsp3) is 0.120. The highest BCUT2D eigenvalue weighted by atomic mass is 32.2. The predicted molar refractivity (Wildman–Crippen MR) is 127 cm³/mol. The average molecular weight is 444 g/mol. The molecule has 0 bridgehead atoms. The summed E-state index contributed by atoms with van der Waals surface area (Å²) in [6.45, 7) is 0.697. The van der Waals surface area contributed by atoms with Gasteiger partial charge in [0.1, 0.15) is 11.8 Å². The van der Waals surface area contributed by atoms with Crippen LogP contribution in [0.25, 0.3) is 0 Å². The van der Waals surface area contributed by atoms with E-state index in [1.54, 1.807) is 11.8 Å². The summed E-state index contributed by atoms with van der Waals surface area (Å²) >= 11 is 7.36. The minimum Gasteiger partial charge on any atom is -0.452 e. The molecule has 1 N–H and O–H groups in total. The van der Waals surface area contributed by atoms with Gasteiger partial charge >= 0.3 is 0 Å². The van der Waals surface area contributed by atoms with Crippen molar-refractivity contribution in [3.8, 4) is 0 Å². The standard InChI is InChI=1S/C25H21N3OS2/c30-25-27-23(20-13-7-8-16-26-20)24(28(25)17-18-9-3-1-4-10-18)21-14-15-22(29-21)31-19-11-5-2-6-12-19/h1-16,23-24H,17H2,(H,27,30)/t23-,24+/m1/s1. The molecule has 2 atom stereocenters. The Morgan fingerprint density at radius 1 is 0.903 bits per heavy atom. The predicted octanol–water partition coefficient (Wildman–Crippen LogP) is 6.00. The Hall–Kier alpha value is -3.09. The SMILES string of the molecule is S=C1N[C@H](c2ccccn2)[C@H](c2ccc(Sc3ccccc3)o2)N1Cc1ccccc1. The number of hydrogen-bond donors (Lipinski definition) is 1. The van der Waals surface area contributed by atoms with Crippen molar-refractivity contribution in [3.63, 3.8) is 0 Å². The number of hydrogen-bond acceptors (Lipinski definition) is 4. The van der Waals surface area contributed by atoms with E-state index < -0.39 is 0 Å². The first kappa shape index (κ1) is 19.8. The molecule has 4 nitrogen and oxygen atoms in total. The second-order valence-corrected chi connectivity index (χ2v) is 8.78. The van der Waals surface area contributed by atoms with Gasteiger partial charge in [-0.2, -0.15) is 0 Å². The molecule has 154 valence electrons. The fourth-order valence-corrected chi connectivity index (χ4v) is 4.92. The van der Waals surface area contributed by atoms with Gasteiger partial charge in [0.25, 0.3) is 0 Å². The molecule has 0 aliphatic carbocycles. The van der Waals surface area contributed by atoms with E-state index in [0.29, 0.717) is 11.7 Å². The van der Waals surface area contributed by atoms with Crippen molar-refractivity contribution in [1.29, 1.82) is 0 Å². The van der Waals surface area contributed by atoms with Gasteiger partial charge in [-0.3, -0.25) is 4.98 Å². The lowest BCUT2D eigenvalue weighted by Crippen LogP contribution is -2.28. The molecule has 5 rings (SSSR count). The number of thiocarbonyl (C=S) groups is 1. The van der Waals surface area contributed by atoms with Crippen LogP contribution in [0.5, 0.6) is 0 Å². The molecule has 0 spiro atoms. The lowest BCUT2D eigenvalue weighted by molar-refractivity contribution is 0.254. The smallest absolute Gasteiger partial charge is 0.170 e. The van der Waals surface area contributed by atoms with Crippen molar-refractivity contribution < 1.29 is 4.42 Å². The highest BCUT2D eigenvalue weighted by Crippen LogP contribution is 2.41. The van der Waals surface area contributed by atoms with Crippen LogP contribution in [0.3, 0.4) is 0 Å². The van der Waals surface area contributed by atoms with Crippen molar-refractivity contribution in [3.05, 3.63) is 114 Å². The van der Waals surface area contributed by atoms with Crippen LogP contribution in [0.2, 0.25) is 0 Å². The van der Waals surface area contributed by atoms with E-state index in [-0.39, 0.29) is 12.1 Å². The van der Waals surface area contributed by atoms with Gasteiger partial charge in [-0.05, 0) is 54.2 Å². The molecule has 31 heavy (non-hydrogen) atoms. The Labute approximate surface area is 191 Å². The zero-order chi connectivity index (χ0) is 21.0. The number of pyridine rings is 1. The number of benzene rings is 2. The third kappa shape index (κ3) is 4.36. The van der Waals surface area contributed by atoms with Gasteiger partial charge in [0, 0.05) is 17.6 Å². The van der Waals surface area contributed by atoms with Crippen LogP contribution < -0.4 is 5.32 Å². The first-order chi connectivity index (χ1) is 15.3. The highest BCUT2D eigenvalue weighted by Gasteiger charge is 2.41. The Morgan fingerprint density at radius 3 is 2.39 bits per heavy atom. The molecule has 1 aliphatic heterocycles. The highest BCUT2D eigenvalue weighted by molar-refractivity contribution is 7.99. The van der Waals surface area contributed by atoms with E-state index in [1.807, 2.05) is 54.7 Å². The van der Waals surface area contributed by atoms with Crippen molar-refractivity contribution in [2.45, 2.75) is 28.6 Å². The van der Waals surface area contributed by atoms with Gasteiger partial charge in [0.15, 0.2) is 10.2 Å². The summed E-state index contributed by atoms with van der Waals surface area (Å²) in [5.41, 5.74) is 2.14. The zero-order valence-electron chi connectivity index (χ0n) is 16.7. The average Bonchev–Trinajstić information content (AvgIpc) is 3.40. The van der Waals surface area contributed by atoms with Crippen LogP contribution in [0.4, 0.5) is 0 Å². The van der Waals surface area contributed by atoms with Crippen LogP contribution in [-0.2, 0) is 6.54 Å². The van der Waals surface area contributed by atoms with Gasteiger partial charge in [0.05, 0.1) is 11.7 Å². The molecule has 1 aliphatic rings. The molecule has 0 saturated carbocycles. The summed E-state index contributed by atoms with van der Waals surface area (Å²) in [6, 6.07) is 30.5. The van der Waals surface area contributed by atoms with Crippen molar-refractivity contribution in [2.24, 2.45) is 0 Å².